The number of β-lactam (4-membered cyclic amide) rings is 1. The fraction of sp³-hybridized carbons (Fsp3) is 0.370. The molecule has 1 aromatic carbocycles. The molecule has 1 unspecified atom stereocenters. The zero-order chi connectivity index (χ0) is 27.7. The van der Waals surface area contributed by atoms with Crippen molar-refractivity contribution >= 4 is 41.1 Å². The number of carbonyl (C=O) groups excluding carboxylic acids is 3. The van der Waals surface area contributed by atoms with Crippen molar-refractivity contribution in [3.05, 3.63) is 70.0 Å². The molecule has 0 saturated carbocycles. The maximum absolute atomic E-state index is 13.7. The van der Waals surface area contributed by atoms with Gasteiger partial charge in [0.1, 0.15) is 11.9 Å². The molecule has 200 valence electrons. The number of pyridine rings is 1. The fourth-order valence-electron chi connectivity index (χ4n) is 4.75. The summed E-state index contributed by atoms with van der Waals surface area (Å²) in [6.45, 7) is 5.63. The maximum Gasteiger partial charge on any atom is 0.325 e. The van der Waals surface area contributed by atoms with Crippen LogP contribution in [0.1, 0.15) is 41.8 Å². The number of nitrogens with zero attached hydrogens (tertiary/aromatic N) is 5. The Morgan fingerprint density at radius 1 is 1.21 bits per heavy atom. The number of anilines is 2. The van der Waals surface area contributed by atoms with Crippen LogP contribution in [0.25, 0.3) is 0 Å². The topological polar surface area (TPSA) is 126 Å². The third-order valence-corrected chi connectivity index (χ3v) is 7.26. The predicted octanol–water partition coefficient (Wildman–Crippen LogP) is 3.56. The summed E-state index contributed by atoms with van der Waals surface area (Å²) in [5.41, 5.74) is 9.12. The molecule has 10 nitrogen and oxygen atoms in total. The van der Waals surface area contributed by atoms with Gasteiger partial charge in [-0.05, 0) is 61.6 Å². The second kappa shape index (κ2) is 10.8. The van der Waals surface area contributed by atoms with Gasteiger partial charge in [0.2, 0.25) is 5.91 Å². The van der Waals surface area contributed by atoms with Crippen LogP contribution < -0.4 is 16.0 Å². The van der Waals surface area contributed by atoms with E-state index in [1.165, 1.54) is 4.90 Å². The van der Waals surface area contributed by atoms with E-state index >= 15 is 0 Å². The van der Waals surface area contributed by atoms with Gasteiger partial charge in [0.05, 0.1) is 12.0 Å². The number of rotatable bonds is 7. The number of carbonyl (C=O) groups is 3. The summed E-state index contributed by atoms with van der Waals surface area (Å²) in [4.78, 5) is 47.1. The first kappa shape index (κ1) is 27.1. The van der Waals surface area contributed by atoms with Crippen molar-refractivity contribution in [3.63, 3.8) is 0 Å². The highest BCUT2D eigenvalue weighted by Gasteiger charge is 2.55. The molecular formula is C27H32ClN7O3. The monoisotopic (exact) mass is 537 g/mol. The number of aryl methyl sites for hydroxylation is 3. The average Bonchev–Trinajstić information content (AvgIpc) is 3.30. The van der Waals surface area contributed by atoms with Crippen LogP contribution in [0.15, 0.2) is 42.6 Å². The van der Waals surface area contributed by atoms with Crippen LogP contribution in [0.4, 0.5) is 16.4 Å². The molecule has 0 spiro atoms. The lowest BCUT2D eigenvalue weighted by atomic mass is 9.81. The van der Waals surface area contributed by atoms with Crippen molar-refractivity contribution in [3.8, 4) is 0 Å². The Bertz CT molecular complexity index is 1370. The molecular weight excluding hydrogens is 506 g/mol. The van der Waals surface area contributed by atoms with Gasteiger partial charge in [-0.3, -0.25) is 24.1 Å². The standard InChI is InChI=1S/C27H32ClN7O3/c1-6-21(18-8-7-15(2)20(28)14-18)31-27(38)35-24(26(37)34(5)23-9-10-33(4)32-23)19(25(35)36)12-17-11-16(3)30-22(29)13-17/h7-11,13-14,19,21,24H,6,12H2,1-5H3,(H2,29,30)(H,31,38)/t19?,21-,24+/m1/s1. The van der Waals surface area contributed by atoms with Crippen LogP contribution in [0.3, 0.4) is 0 Å². The Hall–Kier alpha value is -3.92. The Balaban J connectivity index is 1.61. The highest BCUT2D eigenvalue weighted by atomic mass is 35.5. The minimum atomic E-state index is -1.01. The number of aromatic nitrogens is 3. The molecule has 0 aliphatic carbocycles. The van der Waals surface area contributed by atoms with E-state index in [4.69, 9.17) is 17.3 Å². The molecule has 2 aromatic heterocycles. The van der Waals surface area contributed by atoms with Crippen molar-refractivity contribution < 1.29 is 14.4 Å². The number of halogens is 1. The molecule has 4 amide bonds. The van der Waals surface area contributed by atoms with Crippen LogP contribution in [-0.2, 0) is 23.1 Å². The maximum atomic E-state index is 13.7. The second-order valence-electron chi connectivity index (χ2n) is 9.67. The van der Waals surface area contributed by atoms with Crippen molar-refractivity contribution in [2.45, 2.75) is 45.7 Å². The Kier molecular flexibility index (Phi) is 7.73. The van der Waals surface area contributed by atoms with E-state index in [9.17, 15) is 14.4 Å². The fourth-order valence-corrected chi connectivity index (χ4v) is 4.94. The molecule has 3 N–H and O–H groups in total. The van der Waals surface area contributed by atoms with E-state index in [-0.39, 0.29) is 12.5 Å². The molecule has 3 heterocycles. The lowest BCUT2D eigenvalue weighted by Crippen LogP contribution is -2.70. The minimum Gasteiger partial charge on any atom is -0.384 e. The number of urea groups is 1. The Morgan fingerprint density at radius 3 is 2.55 bits per heavy atom. The third kappa shape index (κ3) is 5.35. The lowest BCUT2D eigenvalue weighted by Gasteiger charge is -2.45. The number of imide groups is 1. The van der Waals surface area contributed by atoms with Crippen molar-refractivity contribution in [1.82, 2.24) is 25.0 Å². The first-order valence-electron chi connectivity index (χ1n) is 12.4. The number of likely N-dealkylation sites (tertiary alicyclic amines) is 1. The van der Waals surface area contributed by atoms with E-state index in [0.717, 1.165) is 21.6 Å². The lowest BCUT2D eigenvalue weighted by molar-refractivity contribution is -0.156. The van der Waals surface area contributed by atoms with E-state index in [1.807, 2.05) is 39.0 Å². The van der Waals surface area contributed by atoms with Gasteiger partial charge in [-0.2, -0.15) is 5.10 Å². The van der Waals surface area contributed by atoms with E-state index in [2.05, 4.69) is 15.4 Å². The first-order chi connectivity index (χ1) is 18.0. The number of amides is 4. The molecule has 1 aliphatic heterocycles. The predicted molar refractivity (Wildman–Crippen MR) is 146 cm³/mol. The van der Waals surface area contributed by atoms with Crippen LogP contribution in [0, 0.1) is 19.8 Å². The third-order valence-electron chi connectivity index (χ3n) is 6.85. The molecule has 11 heteroatoms. The van der Waals surface area contributed by atoms with Crippen LogP contribution in [0.5, 0.6) is 0 Å². The molecule has 3 aromatic rings. The molecule has 3 atom stereocenters. The van der Waals surface area contributed by atoms with Gasteiger partial charge in [0.25, 0.3) is 5.91 Å². The summed E-state index contributed by atoms with van der Waals surface area (Å²) in [5, 5.41) is 7.80. The number of likely N-dealkylation sites (N-methyl/N-ethyl adjacent to an activating group) is 1. The van der Waals surface area contributed by atoms with Gasteiger partial charge in [0.15, 0.2) is 5.82 Å². The van der Waals surface area contributed by atoms with E-state index in [0.29, 0.717) is 28.8 Å². The smallest absolute Gasteiger partial charge is 0.325 e. The summed E-state index contributed by atoms with van der Waals surface area (Å²) in [7, 11) is 3.33. The Morgan fingerprint density at radius 2 is 1.95 bits per heavy atom. The van der Waals surface area contributed by atoms with Crippen molar-refractivity contribution in [1.29, 1.82) is 0 Å². The van der Waals surface area contributed by atoms with Crippen LogP contribution >= 0.6 is 11.6 Å². The number of hydrogen-bond donors (Lipinski definition) is 2. The molecule has 1 fully saturated rings. The summed E-state index contributed by atoms with van der Waals surface area (Å²) >= 11 is 6.31. The summed E-state index contributed by atoms with van der Waals surface area (Å²) in [5.74, 6) is -0.832. The number of hydrogen-bond acceptors (Lipinski definition) is 6. The van der Waals surface area contributed by atoms with Gasteiger partial charge in [-0.1, -0.05) is 30.7 Å². The highest BCUT2D eigenvalue weighted by Crippen LogP contribution is 2.34. The van der Waals surface area contributed by atoms with Gasteiger partial charge >= 0.3 is 6.03 Å². The zero-order valence-corrected chi connectivity index (χ0v) is 22.9. The molecule has 0 radical (unpaired) electrons. The number of nitrogens with one attached hydrogen (secondary N) is 1. The van der Waals surface area contributed by atoms with Gasteiger partial charge in [-0.25, -0.2) is 9.78 Å². The first-order valence-corrected chi connectivity index (χ1v) is 12.8. The number of nitrogens with two attached hydrogens (primary N) is 1. The molecule has 1 aliphatic rings. The summed E-state index contributed by atoms with van der Waals surface area (Å²) < 4.78 is 1.58. The van der Waals surface area contributed by atoms with Gasteiger partial charge in [0, 0.05) is 37.1 Å². The van der Waals surface area contributed by atoms with E-state index in [1.54, 1.807) is 43.2 Å². The zero-order valence-electron chi connectivity index (χ0n) is 22.1. The normalized spacial score (nSPS) is 17.6. The molecule has 0 bridgehead atoms. The quantitative estimate of drug-likeness (QED) is 0.444. The van der Waals surface area contributed by atoms with Crippen LogP contribution in [0.2, 0.25) is 5.02 Å². The minimum absolute atomic E-state index is 0.243. The van der Waals surface area contributed by atoms with Gasteiger partial charge < -0.3 is 11.1 Å². The second-order valence-corrected chi connectivity index (χ2v) is 10.1. The SMILES string of the molecule is CC[C@@H](NC(=O)N1C(=O)C(Cc2cc(C)nc(N)c2)[C@H]1C(=O)N(C)c1ccn(C)n1)c1ccc(C)c(Cl)c1. The van der Waals surface area contributed by atoms with Crippen molar-refractivity contribution in [2.24, 2.45) is 13.0 Å². The largest absolute Gasteiger partial charge is 0.384 e. The Labute approximate surface area is 226 Å². The highest BCUT2D eigenvalue weighted by molar-refractivity contribution is 6.31. The van der Waals surface area contributed by atoms with Gasteiger partial charge in [-0.15, -0.1) is 0 Å². The molecule has 38 heavy (non-hydrogen) atoms. The van der Waals surface area contributed by atoms with Crippen LogP contribution in [-0.4, -0.2) is 50.6 Å². The summed E-state index contributed by atoms with van der Waals surface area (Å²) in [6, 6.07) is 8.75. The van der Waals surface area contributed by atoms with Crippen molar-refractivity contribution in [2.75, 3.05) is 17.7 Å². The van der Waals surface area contributed by atoms with E-state index < -0.39 is 29.8 Å². The number of nitrogen functional groups attached to an aromatic ring is 1. The molecule has 4 rings (SSSR count). The average molecular weight is 538 g/mol. The molecule has 1 saturated heterocycles. The number of benzene rings is 1. The summed E-state index contributed by atoms with van der Waals surface area (Å²) in [6.07, 6.45) is 2.53.